The number of anilines is 2. The number of likely N-dealkylation sites (N-methyl/N-ethyl adjacent to an activating group) is 2. The van der Waals surface area contributed by atoms with Crippen LogP contribution in [0.5, 0.6) is 11.5 Å². The number of aromatic amines is 1. The molecule has 3 aromatic carbocycles. The van der Waals surface area contributed by atoms with E-state index in [4.69, 9.17) is 24.6 Å². The summed E-state index contributed by atoms with van der Waals surface area (Å²) in [6, 6.07) is 16.3. The largest absolute Gasteiger partial charge is 0.756 e. The summed E-state index contributed by atoms with van der Waals surface area (Å²) >= 11 is 0. The van der Waals surface area contributed by atoms with Crippen molar-refractivity contribution < 1.29 is 65.5 Å². The summed E-state index contributed by atoms with van der Waals surface area (Å²) in [5.74, 6) is 6.42. The van der Waals surface area contributed by atoms with Crippen LogP contribution in [0.4, 0.5) is 11.6 Å². The van der Waals surface area contributed by atoms with E-state index in [0.717, 1.165) is 68.3 Å². The molecular weight excluding hydrogens is 1110 g/mol. The number of allylic oxidation sites excluding steroid dienone is 2. The molecule has 81 heavy (non-hydrogen) atoms. The number of phosphoric ester groups is 1. The monoisotopic (exact) mass is 1170 g/mol. The van der Waals surface area contributed by atoms with Crippen LogP contribution in [0.2, 0.25) is 0 Å². The first-order chi connectivity index (χ1) is 38.0. The standard InChI is InChI=1S/C55H65N8O15P3/c1-10-62-42-26-44-40(24-38(42)32(3)28-54(62,5)6)49(41-25-39-33(4)29-55(7,8)63(11-2)43(39)27-45(41)76-44)36-17-12-13-18-37(36)52(66)60(9)23-15-19-46(64)57-22-14-16-34-30-61(50-48(34)51(65)59-53(56)58-50)47-21-20-35(75-47)31-74-80(70,71)78-81(72,73)77-79(67,68)69/h12-13,17-18,24-30,35,47H,10-11,15,19-23,31H2,1-9H3,(H7-,56,57,58,59,64,65,67,68,69,70,71,72,73)/t35-,47+/m0/s1. The van der Waals surface area contributed by atoms with Gasteiger partial charge in [0, 0.05) is 91.4 Å². The summed E-state index contributed by atoms with van der Waals surface area (Å²) in [6.07, 6.45) is 5.17. The number of H-pyrrole nitrogens is 1. The van der Waals surface area contributed by atoms with E-state index in [-0.39, 0.29) is 77.8 Å². The van der Waals surface area contributed by atoms with Crippen molar-refractivity contribution in [3.63, 3.8) is 0 Å². The second-order valence-corrected chi connectivity index (χ2v) is 25.7. The first-order valence-corrected chi connectivity index (χ1v) is 30.8. The van der Waals surface area contributed by atoms with Gasteiger partial charge in [-0.2, -0.15) is 9.29 Å². The normalized spacial score (nSPS) is 19.9. The molecule has 26 heteroatoms. The number of nitrogens with two attached hydrogens (primary N) is 1. The fraction of sp³-hybridized carbons (Fsp3) is 0.400. The first-order valence-electron chi connectivity index (χ1n) is 26.3. The summed E-state index contributed by atoms with van der Waals surface area (Å²) in [7, 11) is -15.3. The quantitative estimate of drug-likeness (QED) is 0.0357. The smallest absolute Gasteiger partial charge is 0.487 e. The van der Waals surface area contributed by atoms with Crippen molar-refractivity contribution in [2.24, 2.45) is 0 Å². The maximum atomic E-state index is 14.7. The zero-order valence-electron chi connectivity index (χ0n) is 46.3. The Morgan fingerprint density at radius 3 is 2.42 bits per heavy atom. The molecule has 2 amide bonds. The van der Waals surface area contributed by atoms with Crippen LogP contribution in [-0.4, -0.2) is 103 Å². The van der Waals surface area contributed by atoms with Crippen molar-refractivity contribution in [3.8, 4) is 23.3 Å². The van der Waals surface area contributed by atoms with Gasteiger partial charge in [0.1, 0.15) is 24.3 Å². The molecule has 0 bridgehead atoms. The maximum Gasteiger partial charge on any atom is 0.487 e. The van der Waals surface area contributed by atoms with Crippen LogP contribution < -0.4 is 46.3 Å². The van der Waals surface area contributed by atoms with E-state index in [2.05, 4.69) is 137 Å². The Hall–Kier alpha value is -6.50. The van der Waals surface area contributed by atoms with Crippen LogP contribution in [0, 0.1) is 11.8 Å². The van der Waals surface area contributed by atoms with Crippen molar-refractivity contribution >= 4 is 74.7 Å². The van der Waals surface area contributed by atoms with Crippen LogP contribution in [0.3, 0.4) is 0 Å². The highest BCUT2D eigenvalue weighted by molar-refractivity contribution is 7.66. The van der Waals surface area contributed by atoms with Gasteiger partial charge in [-0.25, -0.2) is 18.0 Å². The second-order valence-electron chi connectivity index (χ2n) is 21.4. The molecule has 9 rings (SSSR count). The van der Waals surface area contributed by atoms with E-state index in [1.165, 1.54) is 10.8 Å². The van der Waals surface area contributed by atoms with Crippen molar-refractivity contribution in [2.45, 2.75) is 104 Å². The summed E-state index contributed by atoms with van der Waals surface area (Å²) in [4.78, 5) is 90.6. The first kappa shape index (κ1) is 59.1. The van der Waals surface area contributed by atoms with Crippen LogP contribution in [-0.2, 0) is 36.4 Å². The third-order valence-electron chi connectivity index (χ3n) is 14.7. The van der Waals surface area contributed by atoms with Crippen LogP contribution in [0.1, 0.15) is 125 Å². The number of hydrogen-bond acceptors (Lipinski definition) is 15. The van der Waals surface area contributed by atoms with E-state index in [9.17, 15) is 42.8 Å². The minimum atomic E-state index is -5.83. The Kier molecular flexibility index (Phi) is 16.3. The Morgan fingerprint density at radius 2 is 1.70 bits per heavy atom. The molecule has 1 saturated heterocycles. The number of nitrogens with one attached hydrogen (secondary N) is 2. The Morgan fingerprint density at radius 1 is 0.975 bits per heavy atom. The molecule has 4 aliphatic heterocycles. The number of nitrogen functional groups attached to an aromatic ring is 1. The molecule has 430 valence electrons. The summed E-state index contributed by atoms with van der Waals surface area (Å²) in [5, 5.41) is 4.80. The molecule has 1 fully saturated rings. The second kappa shape index (κ2) is 22.3. The predicted octanol–water partition coefficient (Wildman–Crippen LogP) is 5.80. The molecule has 3 unspecified atom stereocenters. The minimum Gasteiger partial charge on any atom is -0.756 e. The number of benzene rings is 3. The maximum absolute atomic E-state index is 14.7. The molecule has 0 spiro atoms. The van der Waals surface area contributed by atoms with Gasteiger partial charge >= 0.3 is 15.6 Å². The lowest BCUT2D eigenvalue weighted by atomic mass is 9.83. The lowest BCUT2D eigenvalue weighted by Gasteiger charge is -2.43. The molecule has 4 aliphatic rings. The third-order valence-corrected chi connectivity index (χ3v) is 18.5. The fourth-order valence-corrected chi connectivity index (χ4v) is 14.5. The number of carbonyl (C=O) groups is 2. The third kappa shape index (κ3) is 12.3. The van der Waals surface area contributed by atoms with Gasteiger partial charge in [0.15, 0.2) is 11.2 Å². The van der Waals surface area contributed by atoms with E-state index in [1.807, 2.05) is 24.3 Å². The molecule has 0 aliphatic carbocycles. The van der Waals surface area contributed by atoms with E-state index in [1.54, 1.807) is 11.9 Å². The highest BCUT2D eigenvalue weighted by Crippen LogP contribution is 2.65. The number of ether oxygens (including phenoxy) is 2. The number of fused-ring (bicyclic) bond motifs is 5. The number of rotatable bonds is 17. The minimum absolute atomic E-state index is 0.0629. The summed E-state index contributed by atoms with van der Waals surface area (Å²) < 4.78 is 63.7. The van der Waals surface area contributed by atoms with Gasteiger partial charge < -0.3 is 54.5 Å². The number of amides is 2. The number of carbonyl (C=O) groups excluding carboxylic acids is 2. The number of hydrogen-bond donors (Lipinski definition) is 6. The molecule has 7 N–H and O–H groups in total. The van der Waals surface area contributed by atoms with Gasteiger partial charge in [0.2, 0.25) is 17.2 Å². The molecule has 23 nitrogen and oxygen atoms in total. The molecule has 0 radical (unpaired) electrons. The molecule has 2 aromatic heterocycles. The molecular formula is C55H65N8O15P3. The molecule has 5 aromatic rings. The Labute approximate surface area is 467 Å². The zero-order valence-corrected chi connectivity index (χ0v) is 48.9. The van der Waals surface area contributed by atoms with Gasteiger partial charge in [-0.05, 0) is 102 Å². The highest BCUT2D eigenvalue weighted by atomic mass is 31.3. The van der Waals surface area contributed by atoms with Gasteiger partial charge in [0.25, 0.3) is 19.3 Å². The lowest BCUT2D eigenvalue weighted by molar-refractivity contribution is -0.212. The van der Waals surface area contributed by atoms with E-state index in [0.29, 0.717) is 23.5 Å². The Balaban J connectivity index is 0.898. The van der Waals surface area contributed by atoms with E-state index < -0.39 is 48.0 Å². The zero-order chi connectivity index (χ0) is 58.7. The lowest BCUT2D eigenvalue weighted by Crippen LogP contribution is -2.49. The highest BCUT2D eigenvalue weighted by Gasteiger charge is 2.41. The van der Waals surface area contributed by atoms with Crippen LogP contribution in [0.25, 0.3) is 27.8 Å². The average molecular weight is 1170 g/mol. The average Bonchev–Trinajstić information content (AvgIpc) is 4.05. The van der Waals surface area contributed by atoms with Gasteiger partial charge in [-0.3, -0.25) is 28.5 Å². The number of nitrogens with zero attached hydrogens (tertiary/aromatic N) is 5. The van der Waals surface area contributed by atoms with Crippen molar-refractivity contribution in [3.05, 3.63) is 121 Å². The van der Waals surface area contributed by atoms with Crippen molar-refractivity contribution in [2.75, 3.05) is 50.5 Å². The van der Waals surface area contributed by atoms with Crippen molar-refractivity contribution in [1.82, 2.24) is 29.3 Å². The topological polar surface area (TPSA) is 313 Å². The van der Waals surface area contributed by atoms with Gasteiger partial charge in [0.05, 0.1) is 41.8 Å². The van der Waals surface area contributed by atoms with Crippen molar-refractivity contribution in [1.29, 1.82) is 0 Å². The predicted molar refractivity (Wildman–Crippen MR) is 302 cm³/mol. The molecule has 5 atom stereocenters. The SMILES string of the molecule is CCN1c2cc3c(cc2C(C)=CC1(C)C)C(c1ccccc1C(=O)N(C)CCCC(=O)NCC#Cc1cn([C@H]2CC[C@@H](COP(=O)(O)OP(=O)(O)OP(=O)([O-])O)O2)c2nc(N)[nH]c(=O)c12)=c1cc2c(cc1O3)=[N+](CC)C(C)(C)C=C2C. The van der Waals surface area contributed by atoms with Crippen LogP contribution >= 0.6 is 23.5 Å². The van der Waals surface area contributed by atoms with Gasteiger partial charge in [-0.15, -0.1) is 0 Å². The van der Waals surface area contributed by atoms with E-state index >= 15 is 0 Å². The Bertz CT molecular complexity index is 3910. The molecule has 6 heterocycles. The molecule has 0 saturated carbocycles. The fourth-order valence-electron chi connectivity index (χ4n) is 11.5. The van der Waals surface area contributed by atoms with Crippen LogP contribution in [0.15, 0.2) is 71.7 Å². The summed E-state index contributed by atoms with van der Waals surface area (Å²) in [5.41, 5.74) is 13.7. The summed E-state index contributed by atoms with van der Waals surface area (Å²) in [6.45, 7) is 18.5. The number of phosphoric acid groups is 3. The number of aromatic nitrogens is 3. The van der Waals surface area contributed by atoms with Gasteiger partial charge in [-0.1, -0.05) is 36.1 Å².